The predicted octanol–water partition coefficient (Wildman–Crippen LogP) is 7.54. The van der Waals surface area contributed by atoms with Crippen LogP contribution in [-0.4, -0.2) is 17.7 Å². The Hall–Kier alpha value is -2.96. The zero-order chi connectivity index (χ0) is 25.1. The summed E-state index contributed by atoms with van der Waals surface area (Å²) in [6, 6.07) is 20.5. The molecule has 1 fully saturated rings. The molecule has 0 radical (unpaired) electrons. The number of ether oxygens (including phenoxy) is 2. The monoisotopic (exact) mass is 538 g/mol. The Kier molecular flexibility index (Phi) is 7.72. The molecule has 6 heteroatoms. The molecule has 1 heterocycles. The number of carbonyl (C=O) groups is 1. The SMILES string of the molecule is C=C(C)[C@H]1C[C@H](c2ccccc2)[C@H](c2cccc(F)c2)O[C@@H]1c1cc(C)cc(Br)c1OCC(=O)O. The number of rotatable bonds is 7. The van der Waals surface area contributed by atoms with Crippen LogP contribution in [0.5, 0.6) is 5.75 Å². The smallest absolute Gasteiger partial charge is 0.341 e. The number of halogens is 2. The highest BCUT2D eigenvalue weighted by Gasteiger charge is 2.42. The molecule has 4 nitrogen and oxygen atoms in total. The van der Waals surface area contributed by atoms with E-state index in [4.69, 9.17) is 9.47 Å². The molecule has 0 saturated carbocycles. The maximum atomic E-state index is 14.3. The predicted molar refractivity (Wildman–Crippen MR) is 137 cm³/mol. The van der Waals surface area contributed by atoms with Gasteiger partial charge in [-0.05, 0) is 77.2 Å². The van der Waals surface area contributed by atoms with E-state index in [-0.39, 0.29) is 17.7 Å². The van der Waals surface area contributed by atoms with Crippen molar-refractivity contribution in [1.29, 1.82) is 0 Å². The van der Waals surface area contributed by atoms with E-state index in [1.807, 2.05) is 50.2 Å². The van der Waals surface area contributed by atoms with Crippen LogP contribution >= 0.6 is 15.9 Å². The summed E-state index contributed by atoms with van der Waals surface area (Å²) in [5.74, 6) is -1.03. The first-order chi connectivity index (χ1) is 16.7. The van der Waals surface area contributed by atoms with Gasteiger partial charge in [0.2, 0.25) is 0 Å². The van der Waals surface area contributed by atoms with Crippen molar-refractivity contribution < 1.29 is 23.8 Å². The fraction of sp³-hybridized carbons (Fsp3) is 0.276. The van der Waals surface area contributed by atoms with E-state index in [0.717, 1.165) is 34.2 Å². The molecule has 0 aliphatic carbocycles. The van der Waals surface area contributed by atoms with E-state index in [1.165, 1.54) is 12.1 Å². The van der Waals surface area contributed by atoms with Crippen LogP contribution in [0, 0.1) is 18.7 Å². The molecule has 0 amide bonds. The normalized spacial score (nSPS) is 21.9. The van der Waals surface area contributed by atoms with Crippen molar-refractivity contribution in [2.45, 2.75) is 38.4 Å². The lowest BCUT2D eigenvalue weighted by molar-refractivity contribution is -0.139. The fourth-order valence-corrected chi connectivity index (χ4v) is 5.58. The summed E-state index contributed by atoms with van der Waals surface area (Å²) in [6.45, 7) is 7.73. The van der Waals surface area contributed by atoms with E-state index < -0.39 is 24.8 Å². The molecular weight excluding hydrogens is 511 g/mol. The van der Waals surface area contributed by atoms with Crippen LogP contribution in [0.1, 0.15) is 53.7 Å². The quantitative estimate of drug-likeness (QED) is 0.315. The Balaban J connectivity index is 1.84. The summed E-state index contributed by atoms with van der Waals surface area (Å²) in [7, 11) is 0. The van der Waals surface area contributed by atoms with Crippen molar-refractivity contribution in [2.75, 3.05) is 6.61 Å². The van der Waals surface area contributed by atoms with Crippen LogP contribution < -0.4 is 4.74 Å². The van der Waals surface area contributed by atoms with E-state index in [2.05, 4.69) is 34.6 Å². The van der Waals surface area contributed by atoms with Gasteiger partial charge in [0.25, 0.3) is 0 Å². The number of aliphatic carboxylic acids is 1. The van der Waals surface area contributed by atoms with Crippen molar-refractivity contribution in [3.8, 4) is 5.75 Å². The van der Waals surface area contributed by atoms with E-state index in [9.17, 15) is 14.3 Å². The molecule has 1 N–H and O–H groups in total. The Bertz CT molecular complexity index is 1230. The van der Waals surface area contributed by atoms with Crippen LogP contribution in [0.2, 0.25) is 0 Å². The van der Waals surface area contributed by atoms with Gasteiger partial charge in [-0.3, -0.25) is 0 Å². The lowest BCUT2D eigenvalue weighted by Crippen LogP contribution is -2.32. The van der Waals surface area contributed by atoms with Crippen molar-refractivity contribution in [3.63, 3.8) is 0 Å². The van der Waals surface area contributed by atoms with Gasteiger partial charge in [0.1, 0.15) is 11.6 Å². The first-order valence-corrected chi connectivity index (χ1v) is 12.3. The minimum Gasteiger partial charge on any atom is -0.480 e. The number of hydrogen-bond acceptors (Lipinski definition) is 3. The molecule has 1 aliphatic heterocycles. The first-order valence-electron chi connectivity index (χ1n) is 11.5. The number of carboxylic acid groups (broad SMARTS) is 1. The van der Waals surface area contributed by atoms with Gasteiger partial charge in [-0.25, -0.2) is 9.18 Å². The number of benzene rings is 3. The minimum absolute atomic E-state index is 0.0208. The van der Waals surface area contributed by atoms with Gasteiger partial charge in [0, 0.05) is 17.4 Å². The summed E-state index contributed by atoms with van der Waals surface area (Å²) in [5, 5.41) is 9.22. The second-order valence-corrected chi connectivity index (χ2v) is 9.94. The molecule has 4 rings (SSSR count). The van der Waals surface area contributed by atoms with Crippen LogP contribution in [-0.2, 0) is 9.53 Å². The largest absolute Gasteiger partial charge is 0.480 e. The van der Waals surface area contributed by atoms with Crippen molar-refractivity contribution in [1.82, 2.24) is 0 Å². The van der Waals surface area contributed by atoms with Gasteiger partial charge in [-0.1, -0.05) is 54.6 Å². The molecule has 1 aliphatic rings. The summed E-state index contributed by atoms with van der Waals surface area (Å²) >= 11 is 3.54. The average Bonchev–Trinajstić information content (AvgIpc) is 2.82. The molecule has 0 spiro atoms. The second kappa shape index (κ2) is 10.8. The Morgan fingerprint density at radius 3 is 2.49 bits per heavy atom. The number of hydrogen-bond donors (Lipinski definition) is 1. The van der Waals surface area contributed by atoms with Gasteiger partial charge in [-0.15, -0.1) is 0 Å². The lowest BCUT2D eigenvalue weighted by atomic mass is 9.74. The van der Waals surface area contributed by atoms with E-state index in [1.54, 1.807) is 6.07 Å². The molecular formula is C29H28BrFO4. The maximum absolute atomic E-state index is 14.3. The third-order valence-electron chi connectivity index (χ3n) is 6.43. The van der Waals surface area contributed by atoms with Crippen molar-refractivity contribution >= 4 is 21.9 Å². The topological polar surface area (TPSA) is 55.8 Å². The van der Waals surface area contributed by atoms with Gasteiger partial charge in [-0.2, -0.15) is 0 Å². The zero-order valence-corrected chi connectivity index (χ0v) is 21.3. The van der Waals surface area contributed by atoms with Crippen LogP contribution in [0.25, 0.3) is 0 Å². The minimum atomic E-state index is -1.06. The van der Waals surface area contributed by atoms with Crippen LogP contribution in [0.3, 0.4) is 0 Å². The molecule has 0 bridgehead atoms. The Labute approximate surface area is 213 Å². The molecule has 35 heavy (non-hydrogen) atoms. The number of aryl methyl sites for hydroxylation is 1. The maximum Gasteiger partial charge on any atom is 0.341 e. The Morgan fingerprint density at radius 2 is 1.83 bits per heavy atom. The number of carboxylic acids is 1. The van der Waals surface area contributed by atoms with Gasteiger partial charge in [0.05, 0.1) is 16.7 Å². The van der Waals surface area contributed by atoms with Crippen molar-refractivity contribution in [2.24, 2.45) is 5.92 Å². The molecule has 182 valence electrons. The van der Waals surface area contributed by atoms with E-state index in [0.29, 0.717) is 10.2 Å². The third kappa shape index (κ3) is 5.65. The summed E-state index contributed by atoms with van der Waals surface area (Å²) in [6.07, 6.45) is -0.143. The first kappa shape index (κ1) is 25.1. The average molecular weight is 539 g/mol. The summed E-state index contributed by atoms with van der Waals surface area (Å²) < 4.78 is 27.5. The van der Waals surface area contributed by atoms with Crippen LogP contribution in [0.4, 0.5) is 4.39 Å². The Morgan fingerprint density at radius 1 is 1.11 bits per heavy atom. The molecule has 4 atom stereocenters. The zero-order valence-electron chi connectivity index (χ0n) is 19.7. The standard InChI is InChI=1S/C29H28BrFO4/c1-17(2)22-15-23(19-8-5-4-6-9-19)27(20-10-7-11-21(31)14-20)35-28(22)24-12-18(3)13-25(30)29(24)34-16-26(32)33/h4-14,22-23,27-28H,1,15-16H2,2-3H3,(H,32,33)/t22-,23-,27+,28+/m1/s1. The lowest BCUT2D eigenvalue weighted by Gasteiger charge is -2.43. The highest BCUT2D eigenvalue weighted by atomic mass is 79.9. The summed E-state index contributed by atoms with van der Waals surface area (Å²) in [5.41, 5.74) is 4.54. The summed E-state index contributed by atoms with van der Waals surface area (Å²) in [4.78, 5) is 11.3. The van der Waals surface area contributed by atoms with Gasteiger partial charge < -0.3 is 14.6 Å². The third-order valence-corrected chi connectivity index (χ3v) is 7.02. The highest BCUT2D eigenvalue weighted by molar-refractivity contribution is 9.10. The van der Waals surface area contributed by atoms with Gasteiger partial charge in [0.15, 0.2) is 6.61 Å². The van der Waals surface area contributed by atoms with Crippen molar-refractivity contribution in [3.05, 3.63) is 111 Å². The fourth-order valence-electron chi connectivity index (χ4n) is 4.88. The van der Waals surface area contributed by atoms with E-state index >= 15 is 0 Å². The molecule has 3 aromatic rings. The molecule has 3 aromatic carbocycles. The second-order valence-electron chi connectivity index (χ2n) is 9.09. The molecule has 1 saturated heterocycles. The van der Waals surface area contributed by atoms with Gasteiger partial charge >= 0.3 is 5.97 Å². The molecule has 0 aromatic heterocycles. The highest BCUT2D eigenvalue weighted by Crippen LogP contribution is 2.53. The molecule has 0 unspecified atom stereocenters. The van der Waals surface area contributed by atoms with Crippen LogP contribution in [0.15, 0.2) is 83.4 Å².